The van der Waals surface area contributed by atoms with E-state index in [4.69, 9.17) is 17.3 Å². The van der Waals surface area contributed by atoms with Crippen molar-refractivity contribution in [1.29, 1.82) is 0 Å². The lowest BCUT2D eigenvalue weighted by Crippen LogP contribution is -2.06. The third-order valence-electron chi connectivity index (χ3n) is 2.12. The summed E-state index contributed by atoms with van der Waals surface area (Å²) in [5, 5.41) is 3.61. The van der Waals surface area contributed by atoms with Gasteiger partial charge in [-0.2, -0.15) is 0 Å². The average Bonchev–Trinajstić information content (AvgIpc) is 2.63. The minimum Gasteiger partial charge on any atom is -0.399 e. The van der Waals surface area contributed by atoms with Gasteiger partial charge < -0.3 is 11.1 Å². The molecule has 2 aromatic rings. The molecule has 0 amide bonds. The zero-order chi connectivity index (χ0) is 12.3. The minimum absolute atomic E-state index is 0.409. The number of hydrogen-bond donors (Lipinski definition) is 2. The number of pyridine rings is 1. The normalized spacial score (nSPS) is 10.5. The van der Waals surface area contributed by atoms with Crippen LogP contribution in [0.15, 0.2) is 28.1 Å². The first kappa shape index (κ1) is 12.7. The van der Waals surface area contributed by atoms with Crippen LogP contribution < -0.4 is 11.1 Å². The Hall–Kier alpha value is -0.780. The van der Waals surface area contributed by atoms with Crippen molar-refractivity contribution >= 4 is 50.4 Å². The Labute approximate surface area is 117 Å². The molecule has 0 atom stereocenters. The standard InChI is InChI=1S/C11H11BrClN3S/c12-9-2-1-8(17-9)3-4-15-11-6-7(14)5-10(13)16-11/h1-2,5-6H,3-4H2,(H3,14,15,16). The summed E-state index contributed by atoms with van der Waals surface area (Å²) in [6.45, 7) is 0.805. The van der Waals surface area contributed by atoms with E-state index >= 15 is 0 Å². The first-order valence-electron chi connectivity index (χ1n) is 5.04. The van der Waals surface area contributed by atoms with Crippen molar-refractivity contribution in [3.63, 3.8) is 0 Å². The smallest absolute Gasteiger partial charge is 0.133 e. The largest absolute Gasteiger partial charge is 0.399 e. The fraction of sp³-hybridized carbons (Fsp3) is 0.182. The predicted molar refractivity (Wildman–Crippen MR) is 77.9 cm³/mol. The second kappa shape index (κ2) is 5.71. The van der Waals surface area contributed by atoms with Gasteiger partial charge in [-0.3, -0.25) is 0 Å². The Morgan fingerprint density at radius 1 is 1.41 bits per heavy atom. The maximum atomic E-state index is 5.81. The van der Waals surface area contributed by atoms with Crippen molar-refractivity contribution in [2.45, 2.75) is 6.42 Å². The number of rotatable bonds is 4. The number of thiophene rings is 1. The maximum absolute atomic E-state index is 5.81. The van der Waals surface area contributed by atoms with Crippen molar-refractivity contribution in [2.24, 2.45) is 0 Å². The van der Waals surface area contributed by atoms with E-state index in [9.17, 15) is 0 Å². The summed E-state index contributed by atoms with van der Waals surface area (Å²) in [5.41, 5.74) is 6.29. The molecule has 3 nitrogen and oxygen atoms in total. The summed E-state index contributed by atoms with van der Waals surface area (Å²) in [7, 11) is 0. The molecule has 0 radical (unpaired) electrons. The van der Waals surface area contributed by atoms with Gasteiger partial charge in [0, 0.05) is 23.2 Å². The van der Waals surface area contributed by atoms with E-state index in [1.54, 1.807) is 23.5 Å². The molecule has 2 aromatic heterocycles. The van der Waals surface area contributed by atoms with Gasteiger partial charge in [0.2, 0.25) is 0 Å². The maximum Gasteiger partial charge on any atom is 0.133 e. The highest BCUT2D eigenvalue weighted by atomic mass is 79.9. The molecule has 0 saturated heterocycles. The van der Waals surface area contributed by atoms with E-state index in [2.05, 4.69) is 38.4 Å². The Kier molecular flexibility index (Phi) is 4.25. The van der Waals surface area contributed by atoms with Crippen LogP contribution in [-0.2, 0) is 6.42 Å². The van der Waals surface area contributed by atoms with Gasteiger partial charge >= 0.3 is 0 Å². The molecule has 0 aromatic carbocycles. The summed E-state index contributed by atoms with van der Waals surface area (Å²) >= 11 is 11.0. The molecule has 0 spiro atoms. The molecule has 2 heterocycles. The third-order valence-corrected chi connectivity index (χ3v) is 4.00. The van der Waals surface area contributed by atoms with E-state index in [0.717, 1.165) is 16.8 Å². The molecule has 3 N–H and O–H groups in total. The first-order chi connectivity index (χ1) is 8.13. The minimum atomic E-state index is 0.409. The summed E-state index contributed by atoms with van der Waals surface area (Å²) < 4.78 is 1.15. The summed E-state index contributed by atoms with van der Waals surface area (Å²) in [5.74, 6) is 0.714. The first-order valence-corrected chi connectivity index (χ1v) is 7.03. The highest BCUT2D eigenvalue weighted by Gasteiger charge is 2.00. The van der Waals surface area contributed by atoms with Gasteiger partial charge in [0.1, 0.15) is 11.0 Å². The van der Waals surface area contributed by atoms with Crippen LogP contribution in [0.1, 0.15) is 4.88 Å². The van der Waals surface area contributed by atoms with E-state index in [-0.39, 0.29) is 0 Å². The molecule has 0 unspecified atom stereocenters. The number of halogens is 2. The Morgan fingerprint density at radius 3 is 2.88 bits per heavy atom. The number of nitrogens with one attached hydrogen (secondary N) is 1. The van der Waals surface area contributed by atoms with Crippen LogP contribution >= 0.6 is 38.9 Å². The van der Waals surface area contributed by atoms with Crippen molar-refractivity contribution < 1.29 is 0 Å². The number of aromatic nitrogens is 1. The summed E-state index contributed by atoms with van der Waals surface area (Å²) in [4.78, 5) is 5.46. The van der Waals surface area contributed by atoms with Gasteiger partial charge in [-0.1, -0.05) is 11.6 Å². The third kappa shape index (κ3) is 3.87. The van der Waals surface area contributed by atoms with Crippen LogP contribution in [0, 0.1) is 0 Å². The summed E-state index contributed by atoms with van der Waals surface area (Å²) in [6.07, 6.45) is 0.949. The molecule has 2 rings (SSSR count). The molecule has 0 bridgehead atoms. The monoisotopic (exact) mass is 331 g/mol. The number of nitrogen functional groups attached to an aromatic ring is 1. The lowest BCUT2D eigenvalue weighted by atomic mass is 10.3. The van der Waals surface area contributed by atoms with E-state index in [1.807, 2.05) is 0 Å². The highest BCUT2D eigenvalue weighted by Crippen LogP contribution is 2.22. The van der Waals surface area contributed by atoms with Crippen LogP contribution in [0.2, 0.25) is 5.15 Å². The summed E-state index contributed by atoms with van der Waals surface area (Å²) in [6, 6.07) is 7.56. The second-order valence-corrected chi connectivity index (χ2v) is 6.43. The molecule has 0 aliphatic carbocycles. The zero-order valence-electron chi connectivity index (χ0n) is 8.91. The van der Waals surface area contributed by atoms with Crippen molar-refractivity contribution in [1.82, 2.24) is 4.98 Å². The van der Waals surface area contributed by atoms with Gasteiger partial charge in [0.05, 0.1) is 3.79 Å². The Bertz CT molecular complexity index is 495. The van der Waals surface area contributed by atoms with Crippen LogP contribution in [-0.4, -0.2) is 11.5 Å². The molecular formula is C11H11BrClN3S. The van der Waals surface area contributed by atoms with E-state index in [0.29, 0.717) is 16.7 Å². The Morgan fingerprint density at radius 2 is 2.24 bits per heavy atom. The van der Waals surface area contributed by atoms with Gasteiger partial charge in [0.15, 0.2) is 0 Å². The lowest BCUT2D eigenvalue weighted by Gasteiger charge is -2.05. The van der Waals surface area contributed by atoms with Gasteiger partial charge in [-0.05, 0) is 40.5 Å². The molecule has 17 heavy (non-hydrogen) atoms. The molecule has 0 saturated carbocycles. The van der Waals surface area contributed by atoms with Crippen LogP contribution in [0.5, 0.6) is 0 Å². The molecule has 6 heteroatoms. The van der Waals surface area contributed by atoms with E-state index in [1.165, 1.54) is 4.88 Å². The fourth-order valence-corrected chi connectivity index (χ4v) is 3.11. The van der Waals surface area contributed by atoms with Crippen molar-refractivity contribution in [3.8, 4) is 0 Å². The second-order valence-electron chi connectivity index (χ2n) is 3.49. The van der Waals surface area contributed by atoms with Crippen LogP contribution in [0.4, 0.5) is 11.5 Å². The van der Waals surface area contributed by atoms with E-state index < -0.39 is 0 Å². The quantitative estimate of drug-likeness (QED) is 0.837. The van der Waals surface area contributed by atoms with Gasteiger partial charge in [-0.15, -0.1) is 11.3 Å². The lowest BCUT2D eigenvalue weighted by molar-refractivity contribution is 1.03. The topological polar surface area (TPSA) is 50.9 Å². The molecule has 0 aliphatic heterocycles. The molecule has 90 valence electrons. The number of anilines is 2. The average molecular weight is 333 g/mol. The SMILES string of the molecule is Nc1cc(Cl)nc(NCCc2ccc(Br)s2)c1. The number of nitrogens with two attached hydrogens (primary N) is 1. The van der Waals surface area contributed by atoms with Gasteiger partial charge in [-0.25, -0.2) is 4.98 Å². The molecule has 0 aliphatic rings. The van der Waals surface area contributed by atoms with Crippen LogP contribution in [0.3, 0.4) is 0 Å². The number of nitrogens with zero attached hydrogens (tertiary/aromatic N) is 1. The molecular weight excluding hydrogens is 322 g/mol. The van der Waals surface area contributed by atoms with Crippen molar-refractivity contribution in [3.05, 3.63) is 38.1 Å². The zero-order valence-corrected chi connectivity index (χ0v) is 12.1. The Balaban J connectivity index is 1.89. The highest BCUT2D eigenvalue weighted by molar-refractivity contribution is 9.11. The molecule has 0 fully saturated rings. The van der Waals surface area contributed by atoms with Crippen LogP contribution in [0.25, 0.3) is 0 Å². The fourth-order valence-electron chi connectivity index (χ4n) is 1.41. The van der Waals surface area contributed by atoms with Gasteiger partial charge in [0.25, 0.3) is 0 Å². The number of hydrogen-bond acceptors (Lipinski definition) is 4. The predicted octanol–water partition coefficient (Wildman–Crippen LogP) is 3.80. The van der Waals surface area contributed by atoms with Crippen molar-refractivity contribution in [2.75, 3.05) is 17.6 Å².